The second kappa shape index (κ2) is 11.9. The molecule has 0 saturated carbocycles. The minimum atomic E-state index is -0.732. The van der Waals surface area contributed by atoms with Crippen molar-refractivity contribution in [3.8, 4) is 5.75 Å². The van der Waals surface area contributed by atoms with Gasteiger partial charge in [0.15, 0.2) is 6.73 Å². The second-order valence-corrected chi connectivity index (χ2v) is 8.19. The van der Waals surface area contributed by atoms with E-state index >= 15 is 0 Å². The van der Waals surface area contributed by atoms with Crippen molar-refractivity contribution in [2.75, 3.05) is 13.3 Å². The smallest absolute Gasteiger partial charge is 0.303 e. The van der Waals surface area contributed by atoms with E-state index in [2.05, 4.69) is 17.5 Å². The maximum Gasteiger partial charge on any atom is 0.303 e. The van der Waals surface area contributed by atoms with E-state index in [9.17, 15) is 4.79 Å². The number of ether oxygens (including phenoxy) is 3. The number of para-hydroxylation sites is 1. The highest BCUT2D eigenvalue weighted by Gasteiger charge is 2.47. The van der Waals surface area contributed by atoms with E-state index in [1.54, 1.807) is 0 Å². The van der Waals surface area contributed by atoms with Crippen molar-refractivity contribution >= 4 is 23.4 Å². The topological polar surface area (TPSA) is 77.0 Å². The number of hydrogen-bond acceptors (Lipinski definition) is 5. The summed E-state index contributed by atoms with van der Waals surface area (Å²) in [6, 6.07) is 9.56. The van der Waals surface area contributed by atoms with Crippen molar-refractivity contribution < 1.29 is 24.1 Å². The van der Waals surface area contributed by atoms with E-state index < -0.39 is 5.97 Å². The van der Waals surface area contributed by atoms with E-state index in [0.29, 0.717) is 42.2 Å². The molecule has 164 valence electrons. The number of carboxylic acids is 1. The first-order valence-corrected chi connectivity index (χ1v) is 11.1. The number of hydrogen-bond donors (Lipinski definition) is 2. The summed E-state index contributed by atoms with van der Waals surface area (Å²) >= 11 is 5.24. The fourth-order valence-corrected chi connectivity index (χ4v) is 4.52. The Hall–Kier alpha value is -2.12. The number of benzene rings is 1. The number of fused-ring (bicyclic) bond motifs is 2. The van der Waals surface area contributed by atoms with Gasteiger partial charge in [0.1, 0.15) is 5.75 Å². The van der Waals surface area contributed by atoms with Crippen LogP contribution < -0.4 is 10.1 Å². The number of carbonyl (C=O) groups is 1. The second-order valence-electron chi connectivity index (χ2n) is 7.81. The van der Waals surface area contributed by atoms with Crippen LogP contribution in [0.2, 0.25) is 0 Å². The van der Waals surface area contributed by atoms with Crippen LogP contribution in [0.5, 0.6) is 5.75 Å². The quantitative estimate of drug-likeness (QED) is 0.220. The Morgan fingerprint density at radius 3 is 2.73 bits per heavy atom. The summed E-state index contributed by atoms with van der Waals surface area (Å²) in [6.07, 6.45) is 10.9. The van der Waals surface area contributed by atoms with Gasteiger partial charge in [0, 0.05) is 6.42 Å². The Bertz CT molecular complexity index is 711. The summed E-state index contributed by atoms with van der Waals surface area (Å²) in [4.78, 5) is 10.6. The standard InChI is InChI=1S/C23H31NO5S/c25-22(26)11-7-2-1-6-10-18-19(21-13-12-20(18)29-21)14-15-27-23(30)24-16-28-17-8-4-3-5-9-17/h1,3-6,8-9,18-21H,2,7,10-16H2,(H,24,30)(H,25,26)/b6-1-/t18-,19+,20-,21+/m1/s1. The van der Waals surface area contributed by atoms with Crippen LogP contribution in [0.15, 0.2) is 42.5 Å². The Labute approximate surface area is 183 Å². The lowest BCUT2D eigenvalue weighted by Crippen LogP contribution is -2.31. The summed E-state index contributed by atoms with van der Waals surface area (Å²) in [5, 5.41) is 12.0. The average Bonchev–Trinajstić information content (AvgIpc) is 3.33. The van der Waals surface area contributed by atoms with Crippen LogP contribution in [0.4, 0.5) is 0 Å². The molecule has 0 amide bonds. The van der Waals surface area contributed by atoms with Crippen molar-refractivity contribution in [2.45, 2.75) is 57.2 Å². The molecule has 2 aliphatic rings. The molecule has 0 spiro atoms. The fraction of sp³-hybridized carbons (Fsp3) is 0.565. The van der Waals surface area contributed by atoms with Crippen LogP contribution in [0.3, 0.4) is 0 Å². The van der Waals surface area contributed by atoms with Gasteiger partial charge in [-0.3, -0.25) is 4.79 Å². The highest BCUT2D eigenvalue weighted by atomic mass is 32.1. The molecule has 2 N–H and O–H groups in total. The minimum Gasteiger partial charge on any atom is -0.481 e. The first kappa shape index (κ1) is 22.6. The molecule has 2 saturated heterocycles. The van der Waals surface area contributed by atoms with Gasteiger partial charge in [-0.1, -0.05) is 30.4 Å². The van der Waals surface area contributed by atoms with Crippen LogP contribution in [0, 0.1) is 11.8 Å². The zero-order chi connectivity index (χ0) is 21.2. The Morgan fingerprint density at radius 1 is 1.20 bits per heavy atom. The third-order valence-corrected chi connectivity index (χ3v) is 6.07. The molecule has 30 heavy (non-hydrogen) atoms. The number of allylic oxidation sites excluding steroid dienone is 2. The van der Waals surface area contributed by atoms with Crippen LogP contribution in [-0.2, 0) is 14.3 Å². The monoisotopic (exact) mass is 433 g/mol. The van der Waals surface area contributed by atoms with Gasteiger partial charge in [-0.15, -0.1) is 0 Å². The molecule has 0 aromatic heterocycles. The fourth-order valence-electron chi connectivity index (χ4n) is 4.37. The number of nitrogens with one attached hydrogen (secondary N) is 1. The van der Waals surface area contributed by atoms with Gasteiger partial charge in [-0.2, -0.15) is 0 Å². The van der Waals surface area contributed by atoms with Gasteiger partial charge in [0.2, 0.25) is 0 Å². The molecule has 7 heteroatoms. The van der Waals surface area contributed by atoms with Crippen LogP contribution in [0.25, 0.3) is 0 Å². The highest BCUT2D eigenvalue weighted by molar-refractivity contribution is 7.80. The van der Waals surface area contributed by atoms with Crippen molar-refractivity contribution in [2.24, 2.45) is 11.8 Å². The Balaban J connectivity index is 1.33. The maximum atomic E-state index is 10.6. The molecule has 3 rings (SSSR count). The molecule has 2 aliphatic heterocycles. The summed E-state index contributed by atoms with van der Waals surface area (Å²) in [5.74, 6) is 1.04. The van der Waals surface area contributed by atoms with Gasteiger partial charge in [0.05, 0.1) is 18.8 Å². The van der Waals surface area contributed by atoms with E-state index in [1.165, 1.54) is 0 Å². The van der Waals surface area contributed by atoms with Gasteiger partial charge in [0.25, 0.3) is 5.17 Å². The van der Waals surface area contributed by atoms with Crippen molar-refractivity contribution in [1.82, 2.24) is 5.32 Å². The third kappa shape index (κ3) is 6.99. The van der Waals surface area contributed by atoms with Gasteiger partial charge in [-0.25, -0.2) is 0 Å². The lowest BCUT2D eigenvalue weighted by Gasteiger charge is -2.27. The van der Waals surface area contributed by atoms with Crippen molar-refractivity contribution in [1.29, 1.82) is 0 Å². The SMILES string of the molecule is O=C(O)CCC/C=C\C[C@@H]1[C@H](CCOC(=S)NCOc2ccccc2)[C@@H]2CC[C@H]1O2. The summed E-state index contributed by atoms with van der Waals surface area (Å²) in [7, 11) is 0. The number of unbranched alkanes of at least 4 members (excludes halogenated alkanes) is 1. The van der Waals surface area contributed by atoms with Gasteiger partial charge >= 0.3 is 5.97 Å². The van der Waals surface area contributed by atoms with E-state index in [0.717, 1.165) is 37.9 Å². The molecule has 2 bridgehead atoms. The molecule has 0 radical (unpaired) electrons. The lowest BCUT2D eigenvalue weighted by atomic mass is 9.76. The molecule has 1 aromatic rings. The molecule has 2 heterocycles. The molecule has 1 aromatic carbocycles. The van der Waals surface area contributed by atoms with Crippen molar-refractivity contribution in [3.05, 3.63) is 42.5 Å². The van der Waals surface area contributed by atoms with Gasteiger partial charge in [-0.05, 0) is 74.7 Å². The van der Waals surface area contributed by atoms with E-state index in [4.69, 9.17) is 31.5 Å². The first-order chi connectivity index (χ1) is 14.6. The number of carboxylic acid groups (broad SMARTS) is 1. The Morgan fingerprint density at radius 2 is 1.97 bits per heavy atom. The van der Waals surface area contributed by atoms with E-state index in [-0.39, 0.29) is 13.2 Å². The van der Waals surface area contributed by atoms with Crippen LogP contribution in [-0.4, -0.2) is 41.8 Å². The molecular formula is C23H31NO5S. The summed E-state index contributed by atoms with van der Waals surface area (Å²) in [5.41, 5.74) is 0. The maximum absolute atomic E-state index is 10.6. The summed E-state index contributed by atoms with van der Waals surface area (Å²) < 4.78 is 17.4. The highest BCUT2D eigenvalue weighted by Crippen LogP contribution is 2.46. The molecule has 2 fully saturated rings. The molecular weight excluding hydrogens is 402 g/mol. The van der Waals surface area contributed by atoms with Gasteiger partial charge < -0.3 is 24.6 Å². The average molecular weight is 434 g/mol. The summed E-state index contributed by atoms with van der Waals surface area (Å²) in [6.45, 7) is 0.836. The predicted octanol–water partition coefficient (Wildman–Crippen LogP) is 4.30. The first-order valence-electron chi connectivity index (χ1n) is 10.7. The van der Waals surface area contributed by atoms with Crippen molar-refractivity contribution in [3.63, 3.8) is 0 Å². The zero-order valence-electron chi connectivity index (χ0n) is 17.2. The Kier molecular flexibility index (Phi) is 8.96. The normalized spacial score (nSPS) is 24.8. The number of aliphatic carboxylic acids is 1. The minimum absolute atomic E-state index is 0.228. The predicted molar refractivity (Wildman–Crippen MR) is 118 cm³/mol. The zero-order valence-corrected chi connectivity index (χ0v) is 18.0. The van der Waals surface area contributed by atoms with Crippen LogP contribution >= 0.6 is 12.2 Å². The third-order valence-electron chi connectivity index (χ3n) is 5.81. The molecule has 4 atom stereocenters. The molecule has 6 nitrogen and oxygen atoms in total. The largest absolute Gasteiger partial charge is 0.481 e. The number of thiocarbonyl (C=S) groups is 1. The lowest BCUT2D eigenvalue weighted by molar-refractivity contribution is -0.137. The molecule has 0 aliphatic carbocycles. The van der Waals surface area contributed by atoms with Crippen LogP contribution in [0.1, 0.15) is 44.9 Å². The van der Waals surface area contributed by atoms with E-state index in [1.807, 2.05) is 30.3 Å². The molecule has 0 unspecified atom stereocenters. The number of rotatable bonds is 12.